The minimum Gasteiger partial charge on any atom is -0.352 e. The number of nitrogens with zero attached hydrogens (tertiary/aromatic N) is 1. The Bertz CT molecular complexity index is 528. The van der Waals surface area contributed by atoms with Crippen LogP contribution in [-0.4, -0.2) is 40.9 Å². The first-order chi connectivity index (χ1) is 11.4. The molecule has 0 unspecified atom stereocenters. The minimum atomic E-state index is -0.782. The van der Waals surface area contributed by atoms with Crippen LogP contribution >= 0.6 is 0 Å². The van der Waals surface area contributed by atoms with E-state index in [9.17, 15) is 14.4 Å². The van der Waals surface area contributed by atoms with Crippen LogP contribution in [0.3, 0.4) is 0 Å². The Morgan fingerprint density at radius 2 is 1.88 bits per heavy atom. The predicted octanol–water partition coefficient (Wildman–Crippen LogP) is 2.18. The van der Waals surface area contributed by atoms with Crippen LogP contribution in [0.5, 0.6) is 0 Å². The van der Waals surface area contributed by atoms with Crippen molar-refractivity contribution < 1.29 is 14.4 Å². The molecule has 4 amide bonds. The van der Waals surface area contributed by atoms with Crippen LogP contribution < -0.4 is 10.6 Å². The second kappa shape index (κ2) is 6.73. The maximum absolute atomic E-state index is 12.8. The van der Waals surface area contributed by atoms with E-state index in [0.29, 0.717) is 6.42 Å². The number of carbonyl (C=O) groups is 3. The normalized spacial score (nSPS) is 36.8. The number of hydrogen-bond acceptors (Lipinski definition) is 3. The topological polar surface area (TPSA) is 78.5 Å². The van der Waals surface area contributed by atoms with Gasteiger partial charge in [-0.25, -0.2) is 4.79 Å². The molecule has 6 heteroatoms. The van der Waals surface area contributed by atoms with Gasteiger partial charge in [-0.05, 0) is 50.4 Å². The summed E-state index contributed by atoms with van der Waals surface area (Å²) in [6.45, 7) is 4.09. The standard InChI is InChI=1S/C18H29N3O3/c1-12-6-8-14(9-7-12)19-15(22)11-21-16(23)18(20-17(21)24)10-4-3-5-13(18)2/h12-14H,3-11H2,1-2H3,(H,19,22)(H,20,24)/t12?,13-,14?,18+/m1/s1. The zero-order valence-electron chi connectivity index (χ0n) is 14.8. The summed E-state index contributed by atoms with van der Waals surface area (Å²) < 4.78 is 0. The largest absolute Gasteiger partial charge is 0.352 e. The average molecular weight is 335 g/mol. The predicted molar refractivity (Wildman–Crippen MR) is 90.2 cm³/mol. The monoisotopic (exact) mass is 335 g/mol. The second-order valence-corrected chi connectivity index (χ2v) is 7.96. The molecule has 2 atom stereocenters. The van der Waals surface area contributed by atoms with Crippen LogP contribution in [0.25, 0.3) is 0 Å². The highest BCUT2D eigenvalue weighted by Crippen LogP contribution is 2.38. The molecule has 0 aromatic carbocycles. The summed E-state index contributed by atoms with van der Waals surface area (Å²) in [6.07, 6.45) is 7.85. The number of urea groups is 1. The minimum absolute atomic E-state index is 0.121. The molecule has 2 N–H and O–H groups in total. The van der Waals surface area contributed by atoms with Gasteiger partial charge in [-0.3, -0.25) is 14.5 Å². The first-order valence-corrected chi connectivity index (χ1v) is 9.36. The summed E-state index contributed by atoms with van der Waals surface area (Å²) >= 11 is 0. The maximum atomic E-state index is 12.8. The van der Waals surface area contributed by atoms with Gasteiger partial charge in [0.2, 0.25) is 5.91 Å². The van der Waals surface area contributed by atoms with Gasteiger partial charge in [0.25, 0.3) is 5.91 Å². The van der Waals surface area contributed by atoms with Gasteiger partial charge >= 0.3 is 6.03 Å². The number of imide groups is 1. The van der Waals surface area contributed by atoms with Crippen molar-refractivity contribution in [2.75, 3.05) is 6.54 Å². The summed E-state index contributed by atoms with van der Waals surface area (Å²) in [6, 6.07) is -0.238. The summed E-state index contributed by atoms with van der Waals surface area (Å²) in [5.41, 5.74) is -0.782. The molecule has 1 aliphatic heterocycles. The van der Waals surface area contributed by atoms with Crippen molar-refractivity contribution in [2.24, 2.45) is 11.8 Å². The molecule has 0 aromatic rings. The van der Waals surface area contributed by atoms with Crippen molar-refractivity contribution in [3.05, 3.63) is 0 Å². The number of nitrogens with one attached hydrogen (secondary N) is 2. The lowest BCUT2D eigenvalue weighted by Gasteiger charge is -2.36. The van der Waals surface area contributed by atoms with E-state index in [-0.39, 0.29) is 30.3 Å². The van der Waals surface area contributed by atoms with Crippen molar-refractivity contribution in [2.45, 2.75) is 76.8 Å². The van der Waals surface area contributed by atoms with Gasteiger partial charge in [0.05, 0.1) is 0 Å². The summed E-state index contributed by atoms with van der Waals surface area (Å²) in [7, 11) is 0. The Kier molecular flexibility index (Phi) is 4.83. The Morgan fingerprint density at radius 3 is 2.54 bits per heavy atom. The third-order valence-corrected chi connectivity index (χ3v) is 6.18. The Morgan fingerprint density at radius 1 is 1.17 bits per heavy atom. The molecule has 3 fully saturated rings. The molecular weight excluding hydrogens is 306 g/mol. The maximum Gasteiger partial charge on any atom is 0.325 e. The van der Waals surface area contributed by atoms with E-state index in [1.807, 2.05) is 6.92 Å². The summed E-state index contributed by atoms with van der Waals surface area (Å²) in [5, 5.41) is 5.89. The van der Waals surface area contributed by atoms with Crippen LogP contribution in [0.15, 0.2) is 0 Å². The lowest BCUT2D eigenvalue weighted by atomic mass is 9.73. The zero-order chi connectivity index (χ0) is 17.3. The van der Waals surface area contributed by atoms with Gasteiger partial charge in [0.1, 0.15) is 12.1 Å². The molecule has 1 heterocycles. The molecule has 6 nitrogen and oxygen atoms in total. The van der Waals surface area contributed by atoms with E-state index >= 15 is 0 Å². The third-order valence-electron chi connectivity index (χ3n) is 6.18. The molecule has 1 saturated heterocycles. The van der Waals surface area contributed by atoms with E-state index in [1.165, 1.54) is 0 Å². The lowest BCUT2D eigenvalue weighted by Crippen LogP contribution is -2.54. The summed E-state index contributed by atoms with van der Waals surface area (Å²) in [4.78, 5) is 38.5. The molecule has 134 valence electrons. The Hall–Kier alpha value is -1.59. The molecule has 1 spiro atoms. The van der Waals surface area contributed by atoms with Crippen LogP contribution in [0.1, 0.15) is 65.2 Å². The highest BCUT2D eigenvalue weighted by atomic mass is 16.2. The van der Waals surface area contributed by atoms with E-state index in [2.05, 4.69) is 17.6 Å². The highest BCUT2D eigenvalue weighted by molar-refractivity contribution is 6.09. The van der Waals surface area contributed by atoms with Crippen molar-refractivity contribution in [3.63, 3.8) is 0 Å². The summed E-state index contributed by atoms with van der Waals surface area (Å²) in [5.74, 6) is 0.401. The fourth-order valence-electron chi connectivity index (χ4n) is 4.46. The molecule has 0 bridgehead atoms. The first kappa shape index (κ1) is 17.2. The molecule has 3 rings (SSSR count). The number of amides is 4. The molecular formula is C18H29N3O3. The van der Waals surface area contributed by atoms with Crippen molar-refractivity contribution in [1.29, 1.82) is 0 Å². The molecule has 2 saturated carbocycles. The molecule has 24 heavy (non-hydrogen) atoms. The van der Waals surface area contributed by atoms with Crippen LogP contribution in [0.2, 0.25) is 0 Å². The van der Waals surface area contributed by atoms with E-state index in [0.717, 1.165) is 55.8 Å². The zero-order valence-corrected chi connectivity index (χ0v) is 14.8. The number of rotatable bonds is 3. The van der Waals surface area contributed by atoms with E-state index < -0.39 is 11.6 Å². The Balaban J connectivity index is 1.59. The average Bonchev–Trinajstić information content (AvgIpc) is 2.78. The van der Waals surface area contributed by atoms with E-state index in [1.54, 1.807) is 0 Å². The van der Waals surface area contributed by atoms with Gasteiger partial charge in [0.15, 0.2) is 0 Å². The number of carbonyl (C=O) groups excluding carboxylic acids is 3. The fraction of sp³-hybridized carbons (Fsp3) is 0.833. The van der Waals surface area contributed by atoms with Gasteiger partial charge < -0.3 is 10.6 Å². The van der Waals surface area contributed by atoms with Crippen LogP contribution in [0, 0.1) is 11.8 Å². The smallest absolute Gasteiger partial charge is 0.325 e. The van der Waals surface area contributed by atoms with Crippen molar-refractivity contribution in [1.82, 2.24) is 15.5 Å². The highest BCUT2D eigenvalue weighted by Gasteiger charge is 2.55. The van der Waals surface area contributed by atoms with Crippen LogP contribution in [0.4, 0.5) is 4.79 Å². The van der Waals surface area contributed by atoms with Crippen molar-refractivity contribution in [3.8, 4) is 0 Å². The first-order valence-electron chi connectivity index (χ1n) is 9.36. The van der Waals surface area contributed by atoms with Crippen LogP contribution in [-0.2, 0) is 9.59 Å². The lowest BCUT2D eigenvalue weighted by molar-refractivity contribution is -0.137. The molecule has 0 aromatic heterocycles. The van der Waals surface area contributed by atoms with Crippen molar-refractivity contribution >= 4 is 17.8 Å². The Labute approximate surface area is 143 Å². The molecule has 3 aliphatic rings. The van der Waals surface area contributed by atoms with Gasteiger partial charge in [0, 0.05) is 6.04 Å². The second-order valence-electron chi connectivity index (χ2n) is 7.96. The van der Waals surface area contributed by atoms with Gasteiger partial charge in [-0.1, -0.05) is 26.7 Å². The molecule has 0 radical (unpaired) electrons. The van der Waals surface area contributed by atoms with Gasteiger partial charge in [-0.2, -0.15) is 0 Å². The number of hydrogen-bond donors (Lipinski definition) is 2. The van der Waals surface area contributed by atoms with E-state index in [4.69, 9.17) is 0 Å². The fourth-order valence-corrected chi connectivity index (χ4v) is 4.46. The third kappa shape index (κ3) is 3.15. The molecule has 2 aliphatic carbocycles. The SMILES string of the molecule is CC1CCC(NC(=O)CN2C(=O)N[C@]3(CCCC[C@H]3C)C2=O)CC1. The quantitative estimate of drug-likeness (QED) is 0.776. The van der Waals surface area contributed by atoms with Gasteiger partial charge in [-0.15, -0.1) is 0 Å².